The van der Waals surface area contributed by atoms with Crippen molar-refractivity contribution < 1.29 is 14.2 Å². The number of pyridine rings is 1. The summed E-state index contributed by atoms with van der Waals surface area (Å²) < 4.78 is 16.5. The fourth-order valence-electron chi connectivity index (χ4n) is 2.75. The van der Waals surface area contributed by atoms with Crippen LogP contribution in [-0.4, -0.2) is 19.2 Å². The highest BCUT2D eigenvalue weighted by Gasteiger charge is 2.12. The Morgan fingerprint density at radius 3 is 2.27 bits per heavy atom. The van der Waals surface area contributed by atoms with Crippen molar-refractivity contribution in [2.75, 3.05) is 14.2 Å². The fourth-order valence-corrected chi connectivity index (χ4v) is 3.04. The number of benzene rings is 2. The zero-order valence-electron chi connectivity index (χ0n) is 16.8. The van der Waals surface area contributed by atoms with Crippen LogP contribution >= 0.6 is 36.4 Å². The second kappa shape index (κ2) is 13.2. The first kappa shape index (κ1) is 25.9. The van der Waals surface area contributed by atoms with Gasteiger partial charge in [-0.2, -0.15) is 0 Å². The molecule has 0 saturated heterocycles. The van der Waals surface area contributed by atoms with E-state index in [9.17, 15) is 0 Å². The summed E-state index contributed by atoms with van der Waals surface area (Å²) in [4.78, 5) is 4.08. The predicted octanol–water partition coefficient (Wildman–Crippen LogP) is 5.46. The molecule has 0 atom stereocenters. The lowest BCUT2D eigenvalue weighted by atomic mass is 10.1. The summed E-state index contributed by atoms with van der Waals surface area (Å²) in [5, 5.41) is 3.93. The largest absolute Gasteiger partial charge is 0.497 e. The van der Waals surface area contributed by atoms with Crippen molar-refractivity contribution in [1.29, 1.82) is 0 Å². The third-order valence-corrected chi connectivity index (χ3v) is 4.49. The minimum atomic E-state index is 0. The Labute approximate surface area is 194 Å². The molecule has 8 heteroatoms. The summed E-state index contributed by atoms with van der Waals surface area (Å²) in [5.74, 6) is 1.99. The predicted molar refractivity (Wildman–Crippen MR) is 125 cm³/mol. The van der Waals surface area contributed by atoms with Crippen molar-refractivity contribution >= 4 is 36.4 Å². The SMILES string of the molecule is COc1ccc(CNCc2cc(Cl)c(OCc3cccnc3)c(OC)c2)cc1.Cl.Cl. The Morgan fingerprint density at radius 2 is 1.63 bits per heavy atom. The quantitative estimate of drug-likeness (QED) is 0.449. The first-order valence-corrected chi connectivity index (χ1v) is 9.29. The van der Waals surface area contributed by atoms with Crippen LogP contribution in [-0.2, 0) is 19.7 Å². The van der Waals surface area contributed by atoms with Gasteiger partial charge in [-0.15, -0.1) is 24.8 Å². The van der Waals surface area contributed by atoms with Gasteiger partial charge in [0.25, 0.3) is 0 Å². The van der Waals surface area contributed by atoms with Crippen LogP contribution in [0, 0.1) is 0 Å². The zero-order valence-corrected chi connectivity index (χ0v) is 19.2. The molecule has 0 saturated carbocycles. The summed E-state index contributed by atoms with van der Waals surface area (Å²) in [6.45, 7) is 1.77. The molecule has 2 aromatic carbocycles. The minimum absolute atomic E-state index is 0. The van der Waals surface area contributed by atoms with Gasteiger partial charge in [0.05, 0.1) is 19.2 Å². The molecule has 1 heterocycles. The Hall–Kier alpha value is -2.18. The first-order valence-electron chi connectivity index (χ1n) is 8.91. The molecule has 5 nitrogen and oxygen atoms in total. The van der Waals surface area contributed by atoms with Crippen molar-refractivity contribution in [2.24, 2.45) is 0 Å². The van der Waals surface area contributed by atoms with Crippen molar-refractivity contribution in [3.63, 3.8) is 0 Å². The number of halogens is 3. The third-order valence-electron chi connectivity index (χ3n) is 4.21. The molecular weight excluding hydrogens is 447 g/mol. The average molecular weight is 472 g/mol. The topological polar surface area (TPSA) is 52.6 Å². The number of aromatic nitrogens is 1. The van der Waals surface area contributed by atoms with Gasteiger partial charge in [0, 0.05) is 31.0 Å². The van der Waals surface area contributed by atoms with E-state index >= 15 is 0 Å². The molecule has 0 aliphatic rings. The normalized spacial score (nSPS) is 9.83. The fraction of sp³-hybridized carbons (Fsp3) is 0.227. The average Bonchev–Trinajstić information content (AvgIpc) is 2.74. The van der Waals surface area contributed by atoms with E-state index in [0.29, 0.717) is 29.7 Å². The molecule has 1 N–H and O–H groups in total. The van der Waals surface area contributed by atoms with Crippen LogP contribution in [0.25, 0.3) is 0 Å². The van der Waals surface area contributed by atoms with Crippen molar-refractivity contribution in [2.45, 2.75) is 19.7 Å². The van der Waals surface area contributed by atoms with Gasteiger partial charge in [0.2, 0.25) is 0 Å². The Kier molecular flexibility index (Phi) is 11.4. The lowest BCUT2D eigenvalue weighted by Gasteiger charge is -2.14. The van der Waals surface area contributed by atoms with Crippen molar-refractivity contribution in [3.8, 4) is 17.2 Å². The van der Waals surface area contributed by atoms with Gasteiger partial charge in [-0.3, -0.25) is 4.98 Å². The van der Waals surface area contributed by atoms with E-state index in [1.807, 2.05) is 48.5 Å². The molecule has 0 fully saturated rings. The van der Waals surface area contributed by atoms with Crippen LogP contribution in [0.3, 0.4) is 0 Å². The van der Waals surface area contributed by atoms with E-state index < -0.39 is 0 Å². The number of nitrogens with zero attached hydrogens (tertiary/aromatic N) is 1. The summed E-state index contributed by atoms with van der Waals surface area (Å²) in [6.07, 6.45) is 3.49. The van der Waals surface area contributed by atoms with Gasteiger partial charge in [0.1, 0.15) is 12.4 Å². The Morgan fingerprint density at radius 1 is 0.900 bits per heavy atom. The van der Waals surface area contributed by atoms with E-state index in [1.54, 1.807) is 26.6 Å². The summed E-state index contributed by atoms with van der Waals surface area (Å²) >= 11 is 6.45. The lowest BCUT2D eigenvalue weighted by molar-refractivity contribution is 0.284. The highest BCUT2D eigenvalue weighted by Crippen LogP contribution is 2.37. The molecule has 0 bridgehead atoms. The van der Waals surface area contributed by atoms with E-state index in [-0.39, 0.29) is 24.8 Å². The lowest BCUT2D eigenvalue weighted by Crippen LogP contribution is -2.13. The third kappa shape index (κ3) is 7.26. The summed E-state index contributed by atoms with van der Waals surface area (Å²) in [7, 11) is 3.27. The molecule has 3 aromatic rings. The zero-order chi connectivity index (χ0) is 19.8. The molecule has 0 aliphatic carbocycles. The number of hydrogen-bond donors (Lipinski definition) is 1. The maximum atomic E-state index is 6.45. The molecule has 1 aromatic heterocycles. The number of rotatable bonds is 9. The number of methoxy groups -OCH3 is 2. The Balaban J connectivity index is 0.00000225. The smallest absolute Gasteiger partial charge is 0.180 e. The number of ether oxygens (including phenoxy) is 3. The first-order chi connectivity index (χ1) is 13.7. The van der Waals surface area contributed by atoms with E-state index in [0.717, 1.165) is 23.4 Å². The van der Waals surface area contributed by atoms with Gasteiger partial charge in [-0.1, -0.05) is 29.8 Å². The minimum Gasteiger partial charge on any atom is -0.497 e. The van der Waals surface area contributed by atoms with Gasteiger partial charge in [0.15, 0.2) is 11.5 Å². The standard InChI is InChI=1S/C22H23ClN2O3.2ClH/c1-26-19-7-5-16(6-8-19)12-25-14-18-10-20(23)22(21(11-18)27-2)28-15-17-4-3-9-24-13-17;;/h3-11,13,25H,12,14-15H2,1-2H3;2*1H. The molecule has 3 rings (SSSR count). The molecule has 0 amide bonds. The molecule has 30 heavy (non-hydrogen) atoms. The molecule has 0 radical (unpaired) electrons. The van der Waals surface area contributed by atoms with Gasteiger partial charge in [-0.05, 0) is 41.5 Å². The van der Waals surface area contributed by atoms with Crippen molar-refractivity contribution in [1.82, 2.24) is 10.3 Å². The molecule has 0 spiro atoms. The van der Waals surface area contributed by atoms with E-state index in [4.69, 9.17) is 25.8 Å². The second-order valence-corrected chi connectivity index (χ2v) is 6.62. The summed E-state index contributed by atoms with van der Waals surface area (Å²) in [6, 6.07) is 15.6. The van der Waals surface area contributed by atoms with Gasteiger partial charge < -0.3 is 19.5 Å². The van der Waals surface area contributed by atoms with E-state index in [2.05, 4.69) is 10.3 Å². The van der Waals surface area contributed by atoms with Gasteiger partial charge >= 0.3 is 0 Å². The van der Waals surface area contributed by atoms with Crippen LogP contribution in [0.1, 0.15) is 16.7 Å². The van der Waals surface area contributed by atoms with Gasteiger partial charge in [-0.25, -0.2) is 0 Å². The Bertz CT molecular complexity index is 894. The summed E-state index contributed by atoms with van der Waals surface area (Å²) in [5.41, 5.74) is 3.16. The molecule has 0 unspecified atom stereocenters. The second-order valence-electron chi connectivity index (χ2n) is 6.21. The van der Waals surface area contributed by atoms with Crippen LogP contribution in [0.15, 0.2) is 60.9 Å². The monoisotopic (exact) mass is 470 g/mol. The maximum Gasteiger partial charge on any atom is 0.180 e. The number of nitrogens with one attached hydrogen (secondary N) is 1. The molecular formula is C22H25Cl3N2O3. The van der Waals surface area contributed by atoms with Crippen LogP contribution in [0.5, 0.6) is 17.2 Å². The highest BCUT2D eigenvalue weighted by molar-refractivity contribution is 6.32. The van der Waals surface area contributed by atoms with E-state index in [1.165, 1.54) is 5.56 Å². The van der Waals surface area contributed by atoms with Crippen LogP contribution in [0.4, 0.5) is 0 Å². The maximum absolute atomic E-state index is 6.45. The number of hydrogen-bond acceptors (Lipinski definition) is 5. The molecule has 162 valence electrons. The highest BCUT2D eigenvalue weighted by atomic mass is 35.5. The van der Waals surface area contributed by atoms with Crippen molar-refractivity contribution in [3.05, 3.63) is 82.6 Å². The van der Waals surface area contributed by atoms with Crippen LogP contribution in [0.2, 0.25) is 5.02 Å². The van der Waals surface area contributed by atoms with Crippen LogP contribution < -0.4 is 19.5 Å². The molecule has 0 aliphatic heterocycles.